The number of thioether (sulfide) groups is 1. The van der Waals surface area contributed by atoms with Gasteiger partial charge in [0.15, 0.2) is 0 Å². The Bertz CT molecular complexity index is 897. The van der Waals surface area contributed by atoms with E-state index in [1.54, 1.807) is 12.1 Å². The summed E-state index contributed by atoms with van der Waals surface area (Å²) in [5.41, 5.74) is 1.71. The topological polar surface area (TPSA) is 66.8 Å². The summed E-state index contributed by atoms with van der Waals surface area (Å²) in [6.45, 7) is 2.36. The summed E-state index contributed by atoms with van der Waals surface area (Å²) in [6, 6.07) is 12.2. The second-order valence-electron chi connectivity index (χ2n) is 5.71. The molecule has 1 heterocycles. The highest BCUT2D eigenvalue weighted by molar-refractivity contribution is 8.18. The van der Waals surface area contributed by atoms with Crippen molar-refractivity contribution in [1.82, 2.24) is 4.90 Å². The Morgan fingerprint density at radius 2 is 2.04 bits per heavy atom. The van der Waals surface area contributed by atoms with Crippen LogP contribution in [0.5, 0.6) is 11.5 Å². The van der Waals surface area contributed by atoms with E-state index in [-0.39, 0.29) is 35.1 Å². The number of benzene rings is 2. The predicted molar refractivity (Wildman–Crippen MR) is 102 cm³/mol. The summed E-state index contributed by atoms with van der Waals surface area (Å²) in [5.74, 6) is 0.300. The Morgan fingerprint density at radius 1 is 1.23 bits per heavy atom. The van der Waals surface area contributed by atoms with Gasteiger partial charge in [-0.1, -0.05) is 29.8 Å². The fourth-order valence-electron chi connectivity index (χ4n) is 2.42. The molecule has 0 saturated carbocycles. The second-order valence-corrected chi connectivity index (χ2v) is 7.11. The number of imide groups is 1. The monoisotopic (exact) mass is 389 g/mol. The fraction of sp³-hybridized carbons (Fsp3) is 0.158. The highest BCUT2D eigenvalue weighted by atomic mass is 35.5. The summed E-state index contributed by atoms with van der Waals surface area (Å²) in [7, 11) is 0. The number of hydrogen-bond donors (Lipinski definition) is 1. The molecule has 26 heavy (non-hydrogen) atoms. The number of phenols is 1. The molecule has 1 aliphatic rings. The number of ether oxygens (including phenoxy) is 1. The first-order valence-corrected chi connectivity index (χ1v) is 9.07. The molecule has 134 valence electrons. The van der Waals surface area contributed by atoms with Gasteiger partial charge in [0.25, 0.3) is 11.1 Å². The lowest BCUT2D eigenvalue weighted by Gasteiger charge is -2.13. The van der Waals surface area contributed by atoms with Gasteiger partial charge in [0.2, 0.25) is 0 Å². The zero-order valence-corrected chi connectivity index (χ0v) is 15.5. The quantitative estimate of drug-likeness (QED) is 0.764. The van der Waals surface area contributed by atoms with Crippen LogP contribution in [0.4, 0.5) is 4.79 Å². The number of halogens is 1. The third-order valence-corrected chi connectivity index (χ3v) is 4.93. The average molecular weight is 390 g/mol. The molecule has 2 aromatic carbocycles. The normalized spacial score (nSPS) is 15.8. The molecule has 1 N–H and O–H groups in total. The van der Waals surface area contributed by atoms with Crippen molar-refractivity contribution in [3.05, 3.63) is 63.5 Å². The van der Waals surface area contributed by atoms with E-state index in [4.69, 9.17) is 16.3 Å². The average Bonchev–Trinajstić information content (AvgIpc) is 2.86. The van der Waals surface area contributed by atoms with Crippen LogP contribution in [0.1, 0.15) is 11.1 Å². The maximum absolute atomic E-state index is 12.4. The van der Waals surface area contributed by atoms with Crippen LogP contribution in [0.15, 0.2) is 47.4 Å². The van der Waals surface area contributed by atoms with E-state index in [2.05, 4.69) is 0 Å². The summed E-state index contributed by atoms with van der Waals surface area (Å²) in [4.78, 5) is 26.0. The van der Waals surface area contributed by atoms with Crippen LogP contribution in [0, 0.1) is 6.92 Å². The number of carbonyl (C=O) groups excluding carboxylic acids is 2. The molecule has 2 aromatic rings. The lowest BCUT2D eigenvalue weighted by Crippen LogP contribution is -2.32. The number of aromatic hydroxyl groups is 1. The molecule has 0 spiro atoms. The highest BCUT2D eigenvalue weighted by Crippen LogP contribution is 2.33. The van der Waals surface area contributed by atoms with Gasteiger partial charge in [0.05, 0.1) is 16.5 Å². The van der Waals surface area contributed by atoms with E-state index in [0.717, 1.165) is 22.2 Å². The van der Waals surface area contributed by atoms with Crippen LogP contribution in [-0.4, -0.2) is 34.3 Å². The van der Waals surface area contributed by atoms with Crippen molar-refractivity contribution in [1.29, 1.82) is 0 Å². The van der Waals surface area contributed by atoms with Gasteiger partial charge in [-0.25, -0.2) is 0 Å². The van der Waals surface area contributed by atoms with E-state index in [9.17, 15) is 14.7 Å². The Balaban J connectivity index is 1.64. The standard InChI is InChI=1S/C19H16ClNO4S/c1-12-3-2-4-14(9-12)25-8-7-21-18(23)17(26-19(21)24)11-13-5-6-16(22)15(20)10-13/h2-6,9-11,22H,7-8H2,1H3/b17-11-. The van der Waals surface area contributed by atoms with Gasteiger partial charge < -0.3 is 9.84 Å². The predicted octanol–water partition coefficient (Wildman–Crippen LogP) is 4.47. The molecule has 0 radical (unpaired) electrons. The van der Waals surface area contributed by atoms with Gasteiger partial charge in [0.1, 0.15) is 18.1 Å². The summed E-state index contributed by atoms with van der Waals surface area (Å²) in [6.07, 6.45) is 1.58. The highest BCUT2D eigenvalue weighted by Gasteiger charge is 2.34. The molecule has 0 unspecified atom stereocenters. The lowest BCUT2D eigenvalue weighted by molar-refractivity contribution is -0.123. The van der Waals surface area contributed by atoms with Crippen molar-refractivity contribution in [3.63, 3.8) is 0 Å². The molecule has 1 fully saturated rings. The summed E-state index contributed by atoms with van der Waals surface area (Å²) < 4.78 is 5.61. The Hall–Kier alpha value is -2.44. The minimum Gasteiger partial charge on any atom is -0.506 e. The first-order valence-electron chi connectivity index (χ1n) is 7.87. The van der Waals surface area contributed by atoms with Crippen molar-refractivity contribution < 1.29 is 19.4 Å². The van der Waals surface area contributed by atoms with Crippen LogP contribution < -0.4 is 4.74 Å². The number of hydrogen-bond acceptors (Lipinski definition) is 5. The molecular formula is C19H16ClNO4S. The first-order chi connectivity index (χ1) is 12.4. The van der Waals surface area contributed by atoms with Crippen LogP contribution >= 0.6 is 23.4 Å². The van der Waals surface area contributed by atoms with E-state index in [1.807, 2.05) is 31.2 Å². The molecule has 3 rings (SSSR count). The van der Waals surface area contributed by atoms with Crippen LogP contribution in [-0.2, 0) is 4.79 Å². The molecule has 0 atom stereocenters. The number of amides is 2. The molecule has 2 amide bonds. The van der Waals surface area contributed by atoms with Gasteiger partial charge in [0, 0.05) is 0 Å². The van der Waals surface area contributed by atoms with Crippen LogP contribution in [0.3, 0.4) is 0 Å². The molecular weight excluding hydrogens is 374 g/mol. The lowest BCUT2D eigenvalue weighted by atomic mass is 10.2. The minimum atomic E-state index is -0.364. The van der Waals surface area contributed by atoms with Crippen molar-refractivity contribution in [2.45, 2.75) is 6.92 Å². The van der Waals surface area contributed by atoms with Crippen LogP contribution in [0.2, 0.25) is 5.02 Å². The fourth-order valence-corrected chi connectivity index (χ4v) is 3.47. The van der Waals surface area contributed by atoms with Gasteiger partial charge in [-0.3, -0.25) is 14.5 Å². The third kappa shape index (κ3) is 4.20. The Kier molecular flexibility index (Phi) is 5.54. The minimum absolute atomic E-state index is 0.0368. The number of rotatable bonds is 5. The Labute approximate surface area is 160 Å². The Morgan fingerprint density at radius 3 is 2.77 bits per heavy atom. The maximum atomic E-state index is 12.4. The first kappa shape index (κ1) is 18.4. The van der Waals surface area contributed by atoms with E-state index in [0.29, 0.717) is 16.2 Å². The van der Waals surface area contributed by atoms with Crippen molar-refractivity contribution in [2.24, 2.45) is 0 Å². The number of carbonyl (C=O) groups is 2. The molecule has 1 aliphatic heterocycles. The second kappa shape index (κ2) is 7.85. The van der Waals surface area contributed by atoms with Gasteiger partial charge in [-0.15, -0.1) is 0 Å². The number of phenolic OH excluding ortho intramolecular Hbond substituents is 1. The molecule has 0 aliphatic carbocycles. The molecule has 0 aromatic heterocycles. The number of aryl methyl sites for hydroxylation is 1. The number of nitrogens with zero attached hydrogens (tertiary/aromatic N) is 1. The molecule has 1 saturated heterocycles. The van der Waals surface area contributed by atoms with Gasteiger partial charge in [-0.2, -0.15) is 0 Å². The molecule has 7 heteroatoms. The van der Waals surface area contributed by atoms with E-state index < -0.39 is 0 Å². The zero-order valence-electron chi connectivity index (χ0n) is 13.9. The third-order valence-electron chi connectivity index (χ3n) is 3.72. The largest absolute Gasteiger partial charge is 0.506 e. The summed E-state index contributed by atoms with van der Waals surface area (Å²) in [5, 5.41) is 9.30. The maximum Gasteiger partial charge on any atom is 0.293 e. The van der Waals surface area contributed by atoms with E-state index in [1.165, 1.54) is 12.1 Å². The van der Waals surface area contributed by atoms with Gasteiger partial charge in [-0.05, 0) is 60.2 Å². The van der Waals surface area contributed by atoms with Crippen molar-refractivity contribution >= 4 is 40.6 Å². The van der Waals surface area contributed by atoms with E-state index >= 15 is 0 Å². The smallest absolute Gasteiger partial charge is 0.293 e. The zero-order chi connectivity index (χ0) is 18.7. The molecule has 5 nitrogen and oxygen atoms in total. The van der Waals surface area contributed by atoms with Crippen LogP contribution in [0.25, 0.3) is 6.08 Å². The summed E-state index contributed by atoms with van der Waals surface area (Å²) >= 11 is 6.74. The van der Waals surface area contributed by atoms with Gasteiger partial charge >= 0.3 is 0 Å². The SMILES string of the molecule is Cc1cccc(OCCN2C(=O)S/C(=C\c3ccc(O)c(Cl)c3)C2=O)c1. The van der Waals surface area contributed by atoms with Crippen molar-refractivity contribution in [2.75, 3.05) is 13.2 Å². The van der Waals surface area contributed by atoms with Crippen molar-refractivity contribution in [3.8, 4) is 11.5 Å². The molecule has 0 bridgehead atoms.